The van der Waals surface area contributed by atoms with Gasteiger partial charge in [-0.15, -0.1) is 5.10 Å². The highest BCUT2D eigenvalue weighted by molar-refractivity contribution is 9.10. The molecule has 1 N–H and O–H groups in total. The zero-order valence-corrected chi connectivity index (χ0v) is 32.8. The SMILES string of the molecule is CC(c1ccc2nccn2c1)n1nnc2ncc(-c3cnn(C)c3)nc21.COc1cc2c(Nc3ccc(Br)cc3F)ncnc2cc1OCC1CCN(C)CC1. The summed E-state index contributed by atoms with van der Waals surface area (Å²) in [4.78, 5) is 24.4. The van der Waals surface area contributed by atoms with Crippen LogP contribution in [0.4, 0.5) is 15.9 Å². The van der Waals surface area contributed by atoms with Gasteiger partial charge in [-0.1, -0.05) is 27.2 Å². The second-order valence-corrected chi connectivity index (χ2v) is 14.6. The molecule has 286 valence electrons. The number of aromatic nitrogens is 11. The molecule has 17 heteroatoms. The van der Waals surface area contributed by atoms with Crippen molar-refractivity contribution in [3.05, 3.63) is 102 Å². The third-order valence-corrected chi connectivity index (χ3v) is 10.4. The third-order valence-electron chi connectivity index (χ3n) is 9.87. The number of fused-ring (bicyclic) bond motifs is 3. The van der Waals surface area contributed by atoms with Gasteiger partial charge in [0.25, 0.3) is 0 Å². The standard InChI is InChI=1S/C22H24BrFN4O2.C17H15N9/c1-28-7-5-14(6-8-28)12-30-21-11-19-16(10-20(21)29-2)22(26-13-25-19)27-18-4-3-15(23)9-17(18)24;1-11(12-3-4-15-18-5-6-25(15)10-12)26-17-16(22-23-26)19-8-14(21-17)13-7-20-24(2)9-13/h3-4,9-11,13-14H,5-8,12H2,1-2H3,(H,25,26,27);3-11H,1-2H3. The lowest BCUT2D eigenvalue weighted by molar-refractivity contribution is 0.157. The summed E-state index contributed by atoms with van der Waals surface area (Å²) in [5.41, 5.74) is 5.83. The van der Waals surface area contributed by atoms with Crippen molar-refractivity contribution in [3.63, 3.8) is 0 Å². The summed E-state index contributed by atoms with van der Waals surface area (Å²) in [5.74, 6) is 1.92. The van der Waals surface area contributed by atoms with Crippen LogP contribution in [0.1, 0.15) is 31.4 Å². The number of nitrogens with zero attached hydrogens (tertiary/aromatic N) is 12. The Hall–Kier alpha value is -6.07. The number of nitrogens with one attached hydrogen (secondary N) is 1. The van der Waals surface area contributed by atoms with Crippen LogP contribution in [0.15, 0.2) is 90.4 Å². The van der Waals surface area contributed by atoms with E-state index >= 15 is 0 Å². The number of likely N-dealkylation sites (tertiary alicyclic amines) is 1. The number of piperidine rings is 1. The molecule has 7 heterocycles. The quantitative estimate of drug-likeness (QED) is 0.162. The van der Waals surface area contributed by atoms with E-state index in [1.807, 2.05) is 54.3 Å². The molecule has 8 aromatic rings. The van der Waals surface area contributed by atoms with Crippen LogP contribution in [0.25, 0.3) is 39.1 Å². The van der Waals surface area contributed by atoms with Crippen LogP contribution in [-0.2, 0) is 7.05 Å². The van der Waals surface area contributed by atoms with Crippen molar-refractivity contribution in [2.75, 3.05) is 39.2 Å². The number of pyridine rings is 1. The third kappa shape index (κ3) is 7.85. The molecule has 1 aliphatic heterocycles. The molecule has 0 saturated carbocycles. The Balaban J connectivity index is 0.000000159. The van der Waals surface area contributed by atoms with Crippen LogP contribution in [0.3, 0.4) is 0 Å². The second-order valence-electron chi connectivity index (χ2n) is 13.7. The summed E-state index contributed by atoms with van der Waals surface area (Å²) in [7, 11) is 5.62. The maximum absolute atomic E-state index is 14.3. The van der Waals surface area contributed by atoms with Crippen LogP contribution in [0.2, 0.25) is 0 Å². The predicted octanol–water partition coefficient (Wildman–Crippen LogP) is 6.88. The minimum atomic E-state index is -0.374. The first-order valence-corrected chi connectivity index (χ1v) is 18.9. The van der Waals surface area contributed by atoms with Crippen LogP contribution < -0.4 is 14.8 Å². The smallest absolute Gasteiger partial charge is 0.221 e. The van der Waals surface area contributed by atoms with Crippen molar-refractivity contribution in [2.45, 2.75) is 25.8 Å². The Morgan fingerprint density at radius 2 is 1.84 bits per heavy atom. The molecule has 1 atom stereocenters. The Labute approximate surface area is 329 Å². The Morgan fingerprint density at radius 1 is 0.982 bits per heavy atom. The lowest BCUT2D eigenvalue weighted by atomic mass is 9.98. The maximum atomic E-state index is 14.3. The number of anilines is 2. The van der Waals surface area contributed by atoms with Gasteiger partial charge in [-0.25, -0.2) is 34.0 Å². The second kappa shape index (κ2) is 16.0. The topological polar surface area (TPSA) is 151 Å². The predicted molar refractivity (Wildman–Crippen MR) is 214 cm³/mol. The zero-order valence-electron chi connectivity index (χ0n) is 31.2. The van der Waals surface area contributed by atoms with E-state index in [1.54, 1.807) is 47.2 Å². The van der Waals surface area contributed by atoms with E-state index in [2.05, 4.69) is 75.5 Å². The summed E-state index contributed by atoms with van der Waals surface area (Å²) in [5, 5.41) is 16.4. The van der Waals surface area contributed by atoms with Gasteiger partial charge in [-0.3, -0.25) is 4.68 Å². The van der Waals surface area contributed by atoms with Crippen molar-refractivity contribution in [2.24, 2.45) is 13.0 Å². The lowest BCUT2D eigenvalue weighted by Crippen LogP contribution is -2.32. The maximum Gasteiger partial charge on any atom is 0.221 e. The first kappa shape index (κ1) is 36.9. The van der Waals surface area contributed by atoms with Crippen LogP contribution in [0, 0.1) is 11.7 Å². The highest BCUT2D eigenvalue weighted by Crippen LogP contribution is 2.36. The fraction of sp³-hybridized carbons (Fsp3) is 0.282. The minimum Gasteiger partial charge on any atom is -0.493 e. The molecule has 0 spiro atoms. The molecule has 0 bridgehead atoms. The number of methoxy groups -OCH3 is 1. The van der Waals surface area contributed by atoms with Crippen LogP contribution in [0.5, 0.6) is 11.5 Å². The van der Waals surface area contributed by atoms with Gasteiger partial charge < -0.3 is 24.1 Å². The highest BCUT2D eigenvalue weighted by Gasteiger charge is 2.20. The number of hydrogen-bond donors (Lipinski definition) is 1. The van der Waals surface area contributed by atoms with E-state index in [9.17, 15) is 4.39 Å². The minimum absolute atomic E-state index is 0.0507. The zero-order chi connectivity index (χ0) is 38.8. The molecule has 1 aliphatic rings. The first-order chi connectivity index (χ1) is 27.2. The molecule has 1 saturated heterocycles. The first-order valence-electron chi connectivity index (χ1n) is 18.1. The van der Waals surface area contributed by atoms with Gasteiger partial charge in [0.2, 0.25) is 5.65 Å². The number of ether oxygens (including phenoxy) is 2. The van der Waals surface area contributed by atoms with E-state index in [0.29, 0.717) is 56.8 Å². The van der Waals surface area contributed by atoms with Gasteiger partial charge in [0.1, 0.15) is 23.6 Å². The number of benzene rings is 2. The summed E-state index contributed by atoms with van der Waals surface area (Å²) >= 11 is 3.27. The molecule has 0 amide bonds. The van der Waals surface area contributed by atoms with E-state index < -0.39 is 0 Å². The summed E-state index contributed by atoms with van der Waals surface area (Å²) in [6, 6.07) is 12.5. The molecule has 56 heavy (non-hydrogen) atoms. The Bertz CT molecular complexity index is 2640. The summed E-state index contributed by atoms with van der Waals surface area (Å²) in [6.07, 6.45) is 14.8. The molecule has 15 nitrogen and oxygen atoms in total. The van der Waals surface area contributed by atoms with Gasteiger partial charge in [0, 0.05) is 53.3 Å². The van der Waals surface area contributed by atoms with Gasteiger partial charge in [-0.2, -0.15) is 5.10 Å². The van der Waals surface area contributed by atoms with Crippen molar-refractivity contribution < 1.29 is 13.9 Å². The lowest BCUT2D eigenvalue weighted by Gasteiger charge is -2.28. The number of imidazole rings is 1. The van der Waals surface area contributed by atoms with Gasteiger partial charge in [0.05, 0.1) is 49.1 Å². The van der Waals surface area contributed by atoms with Gasteiger partial charge in [0.15, 0.2) is 17.1 Å². The Morgan fingerprint density at radius 3 is 2.62 bits per heavy atom. The van der Waals surface area contributed by atoms with Crippen molar-refractivity contribution in [1.29, 1.82) is 0 Å². The fourth-order valence-corrected chi connectivity index (χ4v) is 6.93. The average molecular weight is 821 g/mol. The normalized spacial score (nSPS) is 14.2. The highest BCUT2D eigenvalue weighted by atomic mass is 79.9. The summed E-state index contributed by atoms with van der Waals surface area (Å²) < 4.78 is 32.1. The van der Waals surface area contributed by atoms with Crippen LogP contribution in [-0.4, -0.2) is 92.8 Å². The van der Waals surface area contributed by atoms with Crippen molar-refractivity contribution in [1.82, 2.24) is 59.0 Å². The van der Waals surface area contributed by atoms with E-state index in [0.717, 1.165) is 53.8 Å². The molecule has 1 fully saturated rings. The number of aryl methyl sites for hydroxylation is 1. The van der Waals surface area contributed by atoms with Crippen molar-refractivity contribution >= 4 is 55.3 Å². The van der Waals surface area contributed by atoms with Gasteiger partial charge >= 0.3 is 0 Å². The fourth-order valence-electron chi connectivity index (χ4n) is 6.60. The molecule has 2 aromatic carbocycles. The molecular weight excluding hydrogens is 781 g/mol. The number of halogens is 2. The van der Waals surface area contributed by atoms with Crippen molar-refractivity contribution in [3.8, 4) is 22.8 Å². The molecule has 6 aromatic heterocycles. The van der Waals surface area contributed by atoms with Crippen LogP contribution >= 0.6 is 15.9 Å². The molecule has 0 radical (unpaired) electrons. The number of hydrogen-bond acceptors (Lipinski definition) is 12. The average Bonchev–Trinajstić information content (AvgIpc) is 3.98. The molecular formula is C39H39BrFN13O2. The summed E-state index contributed by atoms with van der Waals surface area (Å²) in [6.45, 7) is 4.90. The molecule has 9 rings (SSSR count). The van der Waals surface area contributed by atoms with E-state index in [4.69, 9.17) is 14.5 Å². The molecule has 1 unspecified atom stereocenters. The largest absolute Gasteiger partial charge is 0.493 e. The monoisotopic (exact) mass is 819 g/mol. The Kier molecular flexibility index (Phi) is 10.5. The molecule has 0 aliphatic carbocycles. The number of rotatable bonds is 9. The van der Waals surface area contributed by atoms with E-state index in [1.165, 1.54) is 12.4 Å². The van der Waals surface area contributed by atoms with E-state index in [-0.39, 0.29) is 11.9 Å². The van der Waals surface area contributed by atoms with Gasteiger partial charge in [-0.05, 0) is 81.7 Å².